The molecule has 2 aliphatic heterocycles. The molecule has 1 saturated carbocycles. The summed E-state index contributed by atoms with van der Waals surface area (Å²) in [6.07, 6.45) is 1.15. The van der Waals surface area contributed by atoms with Crippen molar-refractivity contribution in [2.24, 2.45) is 0 Å². The van der Waals surface area contributed by atoms with Crippen LogP contribution < -0.4 is 5.32 Å². The number of carbonyl (C=O) groups is 4. The molecule has 0 aromatic heterocycles. The fourth-order valence-corrected chi connectivity index (χ4v) is 5.91. The van der Waals surface area contributed by atoms with Gasteiger partial charge in [0.2, 0.25) is 5.91 Å². The number of likely N-dealkylation sites (tertiary alicyclic amines) is 1. The topological polar surface area (TPSA) is 132 Å². The minimum atomic E-state index is -3.98. The highest BCUT2D eigenvalue weighted by atomic mass is 35.5. The Morgan fingerprint density at radius 1 is 1.12 bits per heavy atom. The molecule has 4 amide bonds. The largest absolute Gasteiger partial charge is 0.476 e. The van der Waals surface area contributed by atoms with Crippen molar-refractivity contribution in [1.82, 2.24) is 15.1 Å². The average Bonchev–Trinajstić information content (AvgIpc) is 3.72. The Balaban J connectivity index is 1.22. The van der Waals surface area contributed by atoms with E-state index in [1.807, 2.05) is 0 Å². The third-order valence-corrected chi connectivity index (χ3v) is 8.86. The van der Waals surface area contributed by atoms with Gasteiger partial charge in [-0.05, 0) is 48.6 Å². The lowest BCUT2D eigenvalue weighted by atomic mass is 10.0. The number of fused-ring (bicyclic) bond motifs is 1. The molecule has 2 fully saturated rings. The zero-order valence-electron chi connectivity index (χ0n) is 22.4. The molecule has 42 heavy (non-hydrogen) atoms. The van der Waals surface area contributed by atoms with Crippen LogP contribution in [0.3, 0.4) is 0 Å². The van der Waals surface area contributed by atoms with E-state index in [1.54, 1.807) is 6.07 Å². The third kappa shape index (κ3) is 6.25. The fourth-order valence-electron chi connectivity index (χ4n) is 4.70. The van der Waals surface area contributed by atoms with E-state index in [2.05, 4.69) is 5.32 Å². The lowest BCUT2D eigenvalue weighted by Crippen LogP contribution is -2.55. The van der Waals surface area contributed by atoms with Crippen molar-refractivity contribution >= 4 is 43.1 Å². The van der Waals surface area contributed by atoms with E-state index in [1.165, 1.54) is 29.2 Å². The van der Waals surface area contributed by atoms with Gasteiger partial charge < -0.3 is 10.2 Å². The predicted octanol–water partition coefficient (Wildman–Crippen LogP) is 4.13. The van der Waals surface area contributed by atoms with Gasteiger partial charge in [0.1, 0.15) is 12.8 Å². The maximum absolute atomic E-state index is 14.6. The van der Waals surface area contributed by atoms with Gasteiger partial charge in [-0.1, -0.05) is 35.9 Å². The van der Waals surface area contributed by atoms with Crippen LogP contribution in [0.5, 0.6) is 0 Å². The molecule has 0 spiro atoms. The minimum absolute atomic E-state index is 0.0253. The summed E-state index contributed by atoms with van der Waals surface area (Å²) in [6, 6.07) is 8.31. The number of benzene rings is 2. The first-order valence-corrected chi connectivity index (χ1v) is 14.9. The quantitative estimate of drug-likeness (QED) is 0.291. The number of hydrogen-bond donors (Lipinski definition) is 1. The molecule has 11 nitrogen and oxygen atoms in total. The number of halogens is 3. The molecule has 3 aliphatic rings. The van der Waals surface area contributed by atoms with Gasteiger partial charge in [-0.15, -0.1) is 0 Å². The average molecular weight is 626 g/mol. The van der Waals surface area contributed by atoms with Gasteiger partial charge in [-0.25, -0.2) is 4.57 Å². The monoisotopic (exact) mass is 625 g/mol. The Kier molecular flexibility index (Phi) is 8.51. The van der Waals surface area contributed by atoms with Crippen LogP contribution in [0.25, 0.3) is 0 Å². The summed E-state index contributed by atoms with van der Waals surface area (Å²) < 4.78 is 57.2. The molecule has 5 rings (SSSR count). The first-order chi connectivity index (χ1) is 19.9. The van der Waals surface area contributed by atoms with Crippen molar-refractivity contribution in [3.05, 3.63) is 69.7 Å². The standard InChI is InChI=1S/C27H27ClF2N3O8P/c1-39-42(38,41-20-7-8-20)40-15-33-23(34)11-10-22(25(33)36)32-14-17-12-16(2-9-21(17)24(32)35)13-31-26(37)27(29,30)18-3-5-19(28)6-4-18/h2-6,9,12,20,22H,7-8,10-11,13-15H2,1H3,(H,31,37). The normalized spacial score (nSPS) is 20.5. The van der Waals surface area contributed by atoms with Crippen LogP contribution in [-0.2, 0) is 51.5 Å². The second-order valence-electron chi connectivity index (χ2n) is 10.1. The predicted molar refractivity (Wildman–Crippen MR) is 143 cm³/mol. The maximum atomic E-state index is 14.6. The summed E-state index contributed by atoms with van der Waals surface area (Å²) in [6.45, 7) is -0.864. The minimum Gasteiger partial charge on any atom is -0.346 e. The molecule has 0 bridgehead atoms. The Morgan fingerprint density at radius 2 is 1.83 bits per heavy atom. The number of phosphoric ester groups is 1. The summed E-state index contributed by atoms with van der Waals surface area (Å²) in [4.78, 5) is 53.4. The summed E-state index contributed by atoms with van der Waals surface area (Å²) in [5, 5.41) is 2.48. The number of nitrogens with one attached hydrogen (secondary N) is 1. The summed E-state index contributed by atoms with van der Waals surface area (Å²) in [5.41, 5.74) is 0.807. The van der Waals surface area contributed by atoms with Gasteiger partial charge in [0.05, 0.1) is 6.10 Å². The van der Waals surface area contributed by atoms with Gasteiger partial charge in [-0.2, -0.15) is 8.78 Å². The third-order valence-electron chi connectivity index (χ3n) is 7.18. The lowest BCUT2D eigenvalue weighted by molar-refractivity contribution is -0.156. The van der Waals surface area contributed by atoms with Crippen molar-refractivity contribution < 1.29 is 46.1 Å². The van der Waals surface area contributed by atoms with E-state index in [-0.39, 0.29) is 37.1 Å². The number of nitrogens with zero attached hydrogens (tertiary/aromatic N) is 2. The highest BCUT2D eigenvalue weighted by molar-refractivity contribution is 7.48. The molecule has 224 valence electrons. The second kappa shape index (κ2) is 11.8. The van der Waals surface area contributed by atoms with Crippen molar-refractivity contribution in [3.63, 3.8) is 0 Å². The molecule has 15 heteroatoms. The van der Waals surface area contributed by atoms with Crippen LogP contribution in [-0.4, -0.2) is 59.4 Å². The molecule has 2 unspecified atom stereocenters. The van der Waals surface area contributed by atoms with Crippen LogP contribution in [0, 0.1) is 0 Å². The van der Waals surface area contributed by atoms with E-state index >= 15 is 0 Å². The smallest absolute Gasteiger partial charge is 0.346 e. The van der Waals surface area contributed by atoms with Crippen molar-refractivity contribution in [2.45, 2.75) is 56.8 Å². The number of phosphoric acid groups is 1. The Labute approximate surface area is 244 Å². The van der Waals surface area contributed by atoms with Gasteiger partial charge in [0, 0.05) is 42.8 Å². The molecule has 2 aromatic rings. The molecule has 2 heterocycles. The molecular weight excluding hydrogens is 599 g/mol. The van der Waals surface area contributed by atoms with Crippen LogP contribution >= 0.6 is 19.4 Å². The van der Waals surface area contributed by atoms with Crippen LogP contribution in [0.15, 0.2) is 42.5 Å². The van der Waals surface area contributed by atoms with E-state index in [0.29, 0.717) is 29.5 Å². The molecule has 1 aliphatic carbocycles. The Bertz CT molecular complexity index is 1470. The van der Waals surface area contributed by atoms with Crippen molar-refractivity contribution in [1.29, 1.82) is 0 Å². The molecule has 2 aromatic carbocycles. The van der Waals surface area contributed by atoms with E-state index in [4.69, 9.17) is 25.2 Å². The number of carbonyl (C=O) groups excluding carboxylic acids is 4. The number of alkyl halides is 2. The molecule has 2 atom stereocenters. The molecule has 0 radical (unpaired) electrons. The maximum Gasteiger partial charge on any atom is 0.476 e. The molecule has 1 saturated heterocycles. The lowest BCUT2D eigenvalue weighted by Gasteiger charge is -2.35. The number of rotatable bonds is 11. The first-order valence-electron chi connectivity index (χ1n) is 13.1. The number of piperidine rings is 1. The SMILES string of the molecule is COP(=O)(OCN1C(=O)CCC(N2Cc3cc(CNC(=O)C(F)(F)c4ccc(Cl)cc4)ccc3C2=O)C1=O)OC1CC1. The van der Waals surface area contributed by atoms with E-state index in [0.717, 1.165) is 24.1 Å². The highest BCUT2D eigenvalue weighted by Crippen LogP contribution is 2.53. The summed E-state index contributed by atoms with van der Waals surface area (Å²) in [7, 11) is -2.84. The zero-order chi connectivity index (χ0) is 30.2. The first kappa shape index (κ1) is 30.2. The van der Waals surface area contributed by atoms with Crippen LogP contribution in [0.2, 0.25) is 5.02 Å². The Hall–Kier alpha value is -3.22. The van der Waals surface area contributed by atoms with Gasteiger partial charge in [-0.3, -0.25) is 37.6 Å². The van der Waals surface area contributed by atoms with E-state index in [9.17, 15) is 32.5 Å². The summed E-state index contributed by atoms with van der Waals surface area (Å²) >= 11 is 5.74. The summed E-state index contributed by atoms with van der Waals surface area (Å²) in [5.74, 6) is -6.98. The number of hydrogen-bond acceptors (Lipinski definition) is 8. The highest BCUT2D eigenvalue weighted by Gasteiger charge is 2.45. The zero-order valence-corrected chi connectivity index (χ0v) is 24.0. The molecular formula is C27H27ClF2N3O8P. The number of imide groups is 1. The van der Waals surface area contributed by atoms with Crippen molar-refractivity contribution in [3.8, 4) is 0 Å². The second-order valence-corrected chi connectivity index (χ2v) is 12.3. The van der Waals surface area contributed by atoms with Crippen LogP contribution in [0.1, 0.15) is 52.7 Å². The van der Waals surface area contributed by atoms with E-state index < -0.39 is 55.7 Å². The number of amides is 4. The fraction of sp³-hybridized carbons (Fsp3) is 0.407. The van der Waals surface area contributed by atoms with Gasteiger partial charge >= 0.3 is 13.7 Å². The van der Waals surface area contributed by atoms with Crippen LogP contribution in [0.4, 0.5) is 8.78 Å². The Morgan fingerprint density at radius 3 is 2.50 bits per heavy atom. The van der Waals surface area contributed by atoms with Gasteiger partial charge in [0.15, 0.2) is 0 Å². The molecule has 1 N–H and O–H groups in total. The van der Waals surface area contributed by atoms with Crippen molar-refractivity contribution in [2.75, 3.05) is 13.8 Å². The van der Waals surface area contributed by atoms with Gasteiger partial charge in [0.25, 0.3) is 17.7 Å².